The van der Waals surface area contributed by atoms with Gasteiger partial charge in [-0.15, -0.1) is 0 Å². The van der Waals surface area contributed by atoms with Gasteiger partial charge in [-0.1, -0.05) is 0 Å². The molecule has 1 aromatic heterocycles. The zero-order chi connectivity index (χ0) is 20.0. The Bertz CT molecular complexity index is 901. The first kappa shape index (κ1) is 20.3. The quantitative estimate of drug-likeness (QED) is 0.524. The van der Waals surface area contributed by atoms with Gasteiger partial charge >= 0.3 is 5.97 Å². The first-order valence-corrected chi connectivity index (χ1v) is 9.84. The molecular weight excluding hydrogens is 372 g/mol. The number of rotatable bonds is 8. The van der Waals surface area contributed by atoms with Crippen molar-refractivity contribution in [3.05, 3.63) is 48.3 Å². The lowest BCUT2D eigenvalue weighted by Gasteiger charge is -2.18. The summed E-state index contributed by atoms with van der Waals surface area (Å²) in [4.78, 5) is 34.0. The number of nitrogens with one attached hydrogen (secondary N) is 1. The minimum Gasteiger partial charge on any atom is -0.453 e. The third-order valence-electron chi connectivity index (χ3n) is 3.41. The van der Waals surface area contributed by atoms with E-state index in [0.29, 0.717) is 17.2 Å². The standard InChI is InChI=1S/C17H20N4O5S/c1-12(26-15(22)11-21(2)17-18-9-4-10-19-17)16(23)13-5-7-14(8-6-13)20-27(3,24)25/h4-10,12,20H,11H2,1-3H3. The van der Waals surface area contributed by atoms with Crippen molar-refractivity contribution in [3.8, 4) is 0 Å². The number of carbonyl (C=O) groups is 2. The molecule has 2 aromatic rings. The number of ether oxygens (including phenoxy) is 1. The topological polar surface area (TPSA) is 119 Å². The molecule has 0 saturated carbocycles. The van der Waals surface area contributed by atoms with Gasteiger partial charge in [-0.3, -0.25) is 14.3 Å². The first-order valence-electron chi connectivity index (χ1n) is 7.95. The molecule has 2 rings (SSSR count). The van der Waals surface area contributed by atoms with E-state index in [-0.39, 0.29) is 6.54 Å². The van der Waals surface area contributed by atoms with E-state index in [1.54, 1.807) is 25.5 Å². The van der Waals surface area contributed by atoms with Crippen molar-refractivity contribution in [2.75, 3.05) is 29.5 Å². The van der Waals surface area contributed by atoms with Crippen molar-refractivity contribution < 1.29 is 22.7 Å². The summed E-state index contributed by atoms with van der Waals surface area (Å²) in [6, 6.07) is 7.51. The number of aromatic nitrogens is 2. The monoisotopic (exact) mass is 392 g/mol. The summed E-state index contributed by atoms with van der Waals surface area (Å²) in [5.74, 6) is -0.628. The van der Waals surface area contributed by atoms with Crippen LogP contribution in [0.4, 0.5) is 11.6 Å². The zero-order valence-corrected chi connectivity index (χ0v) is 15.9. The lowest BCUT2D eigenvalue weighted by Crippen LogP contribution is -2.32. The second-order valence-electron chi connectivity index (χ2n) is 5.85. The molecule has 0 aliphatic carbocycles. The highest BCUT2D eigenvalue weighted by Gasteiger charge is 2.21. The second-order valence-corrected chi connectivity index (χ2v) is 7.60. The molecule has 144 valence electrons. The van der Waals surface area contributed by atoms with E-state index in [9.17, 15) is 18.0 Å². The molecule has 27 heavy (non-hydrogen) atoms. The molecule has 1 aromatic carbocycles. The zero-order valence-electron chi connectivity index (χ0n) is 15.1. The Morgan fingerprint density at radius 1 is 1.19 bits per heavy atom. The maximum atomic E-state index is 12.4. The number of anilines is 2. The molecule has 1 atom stereocenters. The van der Waals surface area contributed by atoms with E-state index in [1.165, 1.54) is 36.1 Å². The molecule has 0 spiro atoms. The van der Waals surface area contributed by atoms with E-state index < -0.39 is 27.9 Å². The second kappa shape index (κ2) is 8.58. The van der Waals surface area contributed by atoms with Crippen LogP contribution in [-0.2, 0) is 19.6 Å². The number of hydrogen-bond acceptors (Lipinski definition) is 8. The summed E-state index contributed by atoms with van der Waals surface area (Å²) in [6.45, 7) is 1.36. The van der Waals surface area contributed by atoms with Gasteiger partial charge in [0.15, 0.2) is 6.10 Å². The fourth-order valence-electron chi connectivity index (χ4n) is 2.19. The number of benzene rings is 1. The Labute approximate surface area is 157 Å². The van der Waals surface area contributed by atoms with Gasteiger partial charge in [0, 0.05) is 30.7 Å². The lowest BCUT2D eigenvalue weighted by atomic mass is 10.1. The summed E-state index contributed by atoms with van der Waals surface area (Å²) < 4.78 is 29.9. The normalized spacial score (nSPS) is 12.1. The number of likely N-dealkylation sites (N-methyl/N-ethyl adjacent to an activating group) is 1. The van der Waals surface area contributed by atoms with Crippen LogP contribution >= 0.6 is 0 Å². The van der Waals surface area contributed by atoms with Crippen LogP contribution < -0.4 is 9.62 Å². The minimum atomic E-state index is -3.40. The summed E-state index contributed by atoms with van der Waals surface area (Å²) in [6.07, 6.45) is 3.15. The number of Topliss-reactive ketones (excluding diaryl/α,β-unsaturated/α-hetero) is 1. The maximum absolute atomic E-state index is 12.4. The lowest BCUT2D eigenvalue weighted by molar-refractivity contribution is -0.144. The van der Waals surface area contributed by atoms with Crippen LogP contribution in [0.5, 0.6) is 0 Å². The minimum absolute atomic E-state index is 0.112. The predicted octanol–water partition coefficient (Wildman–Crippen LogP) is 1.10. The van der Waals surface area contributed by atoms with Crippen LogP contribution in [0.3, 0.4) is 0 Å². The Balaban J connectivity index is 1.93. The third-order valence-corrected chi connectivity index (χ3v) is 4.02. The molecule has 0 saturated heterocycles. The van der Waals surface area contributed by atoms with Gasteiger partial charge < -0.3 is 9.64 Å². The number of ketones is 1. The number of esters is 1. The Kier molecular flexibility index (Phi) is 6.45. The van der Waals surface area contributed by atoms with Crippen LogP contribution in [0.2, 0.25) is 0 Å². The molecule has 1 N–H and O–H groups in total. The Morgan fingerprint density at radius 2 is 1.78 bits per heavy atom. The van der Waals surface area contributed by atoms with Crippen molar-refractivity contribution >= 4 is 33.4 Å². The average molecular weight is 392 g/mol. The highest BCUT2D eigenvalue weighted by atomic mass is 32.2. The third kappa shape index (κ3) is 6.33. The highest BCUT2D eigenvalue weighted by molar-refractivity contribution is 7.92. The fourth-order valence-corrected chi connectivity index (χ4v) is 2.76. The average Bonchev–Trinajstić information content (AvgIpc) is 2.61. The van der Waals surface area contributed by atoms with E-state index in [2.05, 4.69) is 14.7 Å². The first-order chi connectivity index (χ1) is 12.7. The SMILES string of the molecule is CC(OC(=O)CN(C)c1ncccn1)C(=O)c1ccc(NS(C)(=O)=O)cc1. The molecular formula is C17H20N4O5S. The van der Waals surface area contributed by atoms with Gasteiger partial charge in [-0.2, -0.15) is 0 Å². The molecule has 0 radical (unpaired) electrons. The van der Waals surface area contributed by atoms with E-state index in [0.717, 1.165) is 6.26 Å². The van der Waals surface area contributed by atoms with Gasteiger partial charge in [0.05, 0.1) is 6.26 Å². The molecule has 1 heterocycles. The Hall–Kier alpha value is -3.01. The highest BCUT2D eigenvalue weighted by Crippen LogP contribution is 2.13. The largest absolute Gasteiger partial charge is 0.453 e. The van der Waals surface area contributed by atoms with Crippen LogP contribution in [-0.4, -0.2) is 56.1 Å². The van der Waals surface area contributed by atoms with Crippen LogP contribution in [0, 0.1) is 0 Å². The van der Waals surface area contributed by atoms with Crippen molar-refractivity contribution in [2.45, 2.75) is 13.0 Å². The fraction of sp³-hybridized carbons (Fsp3) is 0.294. The summed E-state index contributed by atoms with van der Waals surface area (Å²) in [5, 5.41) is 0. The van der Waals surface area contributed by atoms with Crippen LogP contribution in [0.1, 0.15) is 17.3 Å². The molecule has 1 unspecified atom stereocenters. The molecule has 0 amide bonds. The summed E-state index contributed by atoms with van der Waals surface area (Å²) in [5.41, 5.74) is 0.636. The Morgan fingerprint density at radius 3 is 2.33 bits per heavy atom. The van der Waals surface area contributed by atoms with Gasteiger partial charge in [0.25, 0.3) is 0 Å². The number of nitrogens with zero attached hydrogens (tertiary/aromatic N) is 3. The number of sulfonamides is 1. The van der Waals surface area contributed by atoms with E-state index in [1.807, 2.05) is 0 Å². The van der Waals surface area contributed by atoms with Crippen LogP contribution in [0.15, 0.2) is 42.7 Å². The summed E-state index contributed by atoms with van der Waals surface area (Å²) >= 11 is 0. The predicted molar refractivity (Wildman–Crippen MR) is 100 cm³/mol. The smallest absolute Gasteiger partial charge is 0.326 e. The molecule has 0 fully saturated rings. The number of carbonyl (C=O) groups excluding carboxylic acids is 2. The van der Waals surface area contributed by atoms with Crippen molar-refractivity contribution in [1.29, 1.82) is 0 Å². The molecule has 0 bridgehead atoms. The van der Waals surface area contributed by atoms with Gasteiger partial charge in [-0.05, 0) is 37.3 Å². The van der Waals surface area contributed by atoms with Gasteiger partial charge in [-0.25, -0.2) is 18.4 Å². The van der Waals surface area contributed by atoms with E-state index in [4.69, 9.17) is 4.74 Å². The van der Waals surface area contributed by atoms with Gasteiger partial charge in [0.2, 0.25) is 21.8 Å². The molecule has 10 heteroatoms. The van der Waals surface area contributed by atoms with E-state index >= 15 is 0 Å². The summed E-state index contributed by atoms with van der Waals surface area (Å²) in [7, 11) is -1.76. The molecule has 0 aliphatic rings. The van der Waals surface area contributed by atoms with Crippen LogP contribution in [0.25, 0.3) is 0 Å². The van der Waals surface area contributed by atoms with Gasteiger partial charge in [0.1, 0.15) is 6.54 Å². The van der Waals surface area contributed by atoms with Crippen molar-refractivity contribution in [2.24, 2.45) is 0 Å². The van der Waals surface area contributed by atoms with Crippen molar-refractivity contribution in [3.63, 3.8) is 0 Å². The molecule has 0 aliphatic heterocycles. The number of hydrogen-bond donors (Lipinski definition) is 1. The van der Waals surface area contributed by atoms with Crippen molar-refractivity contribution in [1.82, 2.24) is 9.97 Å². The maximum Gasteiger partial charge on any atom is 0.326 e. The molecule has 9 nitrogen and oxygen atoms in total.